The van der Waals surface area contributed by atoms with Gasteiger partial charge in [-0.05, 0) is 12.8 Å². The predicted molar refractivity (Wildman–Crippen MR) is 57.7 cm³/mol. The van der Waals surface area contributed by atoms with Crippen LogP contribution in [0.1, 0.15) is 12.8 Å². The van der Waals surface area contributed by atoms with Gasteiger partial charge in [0, 0.05) is 28.3 Å². The van der Waals surface area contributed by atoms with Crippen LogP contribution >= 0.6 is 0 Å². The normalized spacial score (nSPS) is 24.2. The molecule has 0 aromatic rings. The molecule has 0 spiro atoms. The molecule has 1 fully saturated rings. The molecule has 16 heavy (non-hydrogen) atoms. The highest BCUT2D eigenvalue weighted by Gasteiger charge is 2.22. The first-order chi connectivity index (χ1) is 7.63. The monoisotopic (exact) mass is 243 g/mol. The van der Waals surface area contributed by atoms with E-state index >= 15 is 0 Å². The zero-order chi connectivity index (χ0) is 12.0. The molecule has 0 radical (unpaired) electrons. The zero-order valence-electron chi connectivity index (χ0n) is 8.69. The van der Waals surface area contributed by atoms with E-state index in [-0.39, 0.29) is 12.6 Å². The molecule has 0 aromatic carbocycles. The third-order valence-electron chi connectivity index (χ3n) is 2.26. The van der Waals surface area contributed by atoms with Gasteiger partial charge in [0.2, 0.25) is 0 Å². The first-order valence-corrected chi connectivity index (χ1v) is 6.43. The molecule has 1 heterocycles. The maximum atomic E-state index is 11.3. The van der Waals surface area contributed by atoms with Crippen LogP contribution in [-0.2, 0) is 20.4 Å². The van der Waals surface area contributed by atoms with Crippen LogP contribution in [0.15, 0.2) is 0 Å². The molecule has 7 heteroatoms. The molecule has 0 aromatic heterocycles. The lowest BCUT2D eigenvalue weighted by Crippen LogP contribution is -2.46. The van der Waals surface area contributed by atoms with E-state index < -0.39 is 22.6 Å². The van der Waals surface area contributed by atoms with Crippen LogP contribution in [0.25, 0.3) is 0 Å². The van der Waals surface area contributed by atoms with Gasteiger partial charge in [-0.2, -0.15) is 5.26 Å². The van der Waals surface area contributed by atoms with Gasteiger partial charge in [0.15, 0.2) is 0 Å². The number of carbonyl (C=O) groups is 2. The molecule has 0 unspecified atom stereocenters. The molecule has 6 nitrogen and oxygen atoms in total. The Bertz CT molecular complexity index is 340. The summed E-state index contributed by atoms with van der Waals surface area (Å²) >= 11 is 0. The van der Waals surface area contributed by atoms with Crippen molar-refractivity contribution in [2.45, 2.75) is 18.9 Å². The second kappa shape index (κ2) is 6.23. The first-order valence-electron chi connectivity index (χ1n) is 4.94. The summed E-state index contributed by atoms with van der Waals surface area (Å²) in [5.41, 5.74) is 0. The lowest BCUT2D eigenvalue weighted by Gasteiger charge is -2.21. The summed E-state index contributed by atoms with van der Waals surface area (Å²) in [6, 6.07) is 1.63. The quantitative estimate of drug-likeness (QED) is 0.463. The van der Waals surface area contributed by atoms with E-state index in [1.165, 1.54) is 0 Å². The van der Waals surface area contributed by atoms with Crippen molar-refractivity contribution in [2.75, 3.05) is 18.1 Å². The highest BCUT2D eigenvalue weighted by molar-refractivity contribution is 7.85. The van der Waals surface area contributed by atoms with E-state index in [0.717, 1.165) is 0 Å². The van der Waals surface area contributed by atoms with E-state index in [1.807, 2.05) is 0 Å². The van der Waals surface area contributed by atoms with E-state index in [1.54, 1.807) is 6.07 Å². The highest BCUT2D eigenvalue weighted by Crippen LogP contribution is 2.08. The predicted octanol–water partition coefficient (Wildman–Crippen LogP) is -1.35. The third kappa shape index (κ3) is 3.98. The van der Waals surface area contributed by atoms with Crippen LogP contribution < -0.4 is 10.6 Å². The summed E-state index contributed by atoms with van der Waals surface area (Å²) in [7, 11) is -0.786. The third-order valence-corrected chi connectivity index (χ3v) is 3.64. The van der Waals surface area contributed by atoms with Crippen LogP contribution in [0.5, 0.6) is 0 Å². The summed E-state index contributed by atoms with van der Waals surface area (Å²) in [6.07, 6.45) is 1.26. The van der Waals surface area contributed by atoms with Crippen LogP contribution in [0, 0.1) is 11.3 Å². The van der Waals surface area contributed by atoms with Crippen molar-refractivity contribution in [1.82, 2.24) is 10.6 Å². The summed E-state index contributed by atoms with van der Waals surface area (Å²) in [5.74, 6) is -0.406. The van der Waals surface area contributed by atoms with E-state index in [0.29, 0.717) is 24.3 Å². The van der Waals surface area contributed by atoms with Gasteiger partial charge in [0.05, 0.1) is 6.07 Å². The molecule has 0 saturated carbocycles. The van der Waals surface area contributed by atoms with E-state index in [2.05, 4.69) is 10.6 Å². The number of hydrogen-bond acceptors (Lipinski definition) is 4. The second-order valence-corrected chi connectivity index (χ2v) is 5.13. The summed E-state index contributed by atoms with van der Waals surface area (Å²) in [5, 5.41) is 12.9. The molecular formula is C9H13N3O3S. The largest absolute Gasteiger partial charge is 0.345 e. The molecule has 1 aliphatic heterocycles. The Morgan fingerprint density at radius 3 is 2.50 bits per heavy atom. The van der Waals surface area contributed by atoms with Crippen LogP contribution in [0.3, 0.4) is 0 Å². The standard InChI is InChI=1S/C9H13N3O3S/c10-3-4-11-8(13)9(14)12-7-1-5-16(15)6-2-7/h7H,1-2,4-6H2,(H,11,13)(H,12,14). The fourth-order valence-corrected chi connectivity index (χ4v) is 2.69. The van der Waals surface area contributed by atoms with E-state index in [9.17, 15) is 13.8 Å². The Morgan fingerprint density at radius 2 is 1.94 bits per heavy atom. The minimum atomic E-state index is -0.798. The van der Waals surface area contributed by atoms with Gasteiger partial charge >= 0.3 is 11.8 Å². The van der Waals surface area contributed by atoms with Gasteiger partial charge in [-0.3, -0.25) is 13.8 Å². The van der Waals surface area contributed by atoms with Crippen molar-refractivity contribution in [1.29, 1.82) is 5.26 Å². The molecule has 2 N–H and O–H groups in total. The summed E-state index contributed by atoms with van der Waals surface area (Å²) in [6.45, 7) is -0.180. The van der Waals surface area contributed by atoms with Gasteiger partial charge in [0.25, 0.3) is 0 Å². The Labute approximate surface area is 95.8 Å². The molecule has 88 valence electrons. The number of amides is 2. The number of nitrogens with zero attached hydrogens (tertiary/aromatic N) is 1. The van der Waals surface area contributed by atoms with Crippen LogP contribution in [0.4, 0.5) is 0 Å². The minimum Gasteiger partial charge on any atom is -0.345 e. The van der Waals surface area contributed by atoms with Crippen molar-refractivity contribution in [3.8, 4) is 6.07 Å². The second-order valence-electron chi connectivity index (χ2n) is 3.44. The lowest BCUT2D eigenvalue weighted by molar-refractivity contribution is -0.139. The van der Waals surface area contributed by atoms with Crippen molar-refractivity contribution >= 4 is 22.6 Å². The van der Waals surface area contributed by atoms with Crippen molar-refractivity contribution < 1.29 is 13.8 Å². The Balaban J connectivity index is 2.31. The maximum absolute atomic E-state index is 11.3. The number of nitriles is 1. The van der Waals surface area contributed by atoms with E-state index in [4.69, 9.17) is 5.26 Å². The molecule has 1 rings (SSSR count). The van der Waals surface area contributed by atoms with Crippen LogP contribution in [0.2, 0.25) is 0 Å². The zero-order valence-corrected chi connectivity index (χ0v) is 9.51. The maximum Gasteiger partial charge on any atom is 0.310 e. The average Bonchev–Trinajstić information content (AvgIpc) is 2.29. The van der Waals surface area contributed by atoms with Crippen LogP contribution in [-0.4, -0.2) is 40.1 Å². The fourth-order valence-electron chi connectivity index (χ4n) is 1.39. The Morgan fingerprint density at radius 1 is 1.31 bits per heavy atom. The molecule has 1 aliphatic rings. The number of carbonyl (C=O) groups excluding carboxylic acids is 2. The summed E-state index contributed by atoms with van der Waals surface area (Å²) < 4.78 is 11.1. The highest BCUT2D eigenvalue weighted by atomic mass is 32.2. The van der Waals surface area contributed by atoms with Gasteiger partial charge in [-0.1, -0.05) is 0 Å². The number of rotatable bonds is 2. The van der Waals surface area contributed by atoms with Crippen molar-refractivity contribution in [2.24, 2.45) is 0 Å². The Kier molecular flexibility index (Phi) is 4.92. The van der Waals surface area contributed by atoms with Gasteiger partial charge in [0.1, 0.15) is 6.54 Å². The molecular weight excluding hydrogens is 230 g/mol. The molecule has 0 bridgehead atoms. The van der Waals surface area contributed by atoms with Crippen molar-refractivity contribution in [3.63, 3.8) is 0 Å². The summed E-state index contributed by atoms with van der Waals surface area (Å²) in [4.78, 5) is 22.4. The van der Waals surface area contributed by atoms with Gasteiger partial charge in [-0.15, -0.1) is 0 Å². The molecule has 0 atom stereocenters. The van der Waals surface area contributed by atoms with Gasteiger partial charge in [-0.25, -0.2) is 0 Å². The SMILES string of the molecule is N#CCNC(=O)C(=O)NC1CCS(=O)CC1. The number of hydrogen-bond donors (Lipinski definition) is 2. The molecule has 0 aliphatic carbocycles. The lowest BCUT2D eigenvalue weighted by atomic mass is 10.1. The fraction of sp³-hybridized carbons (Fsp3) is 0.667. The molecule has 1 saturated heterocycles. The van der Waals surface area contributed by atoms with Crippen molar-refractivity contribution in [3.05, 3.63) is 0 Å². The topological polar surface area (TPSA) is 99.1 Å². The Hall–Kier alpha value is -1.42. The van der Waals surface area contributed by atoms with Gasteiger partial charge < -0.3 is 10.6 Å². The first kappa shape index (κ1) is 12.6. The average molecular weight is 243 g/mol. The smallest absolute Gasteiger partial charge is 0.310 e. The molecule has 2 amide bonds. The minimum absolute atomic E-state index is 0.0852. The number of nitrogens with one attached hydrogen (secondary N) is 2.